The zero-order chi connectivity index (χ0) is 21.4. The molecule has 0 atom stereocenters. The number of halogens is 4. The molecule has 0 heterocycles. The van der Waals surface area contributed by atoms with E-state index in [9.17, 15) is 22.8 Å². The maximum atomic E-state index is 12.4. The van der Waals surface area contributed by atoms with Gasteiger partial charge in [-0.3, -0.25) is 9.59 Å². The molecule has 0 radical (unpaired) electrons. The van der Waals surface area contributed by atoms with Gasteiger partial charge in [0, 0.05) is 23.9 Å². The van der Waals surface area contributed by atoms with Crippen LogP contribution < -0.4 is 15.4 Å². The van der Waals surface area contributed by atoms with Crippen LogP contribution in [0.4, 0.5) is 18.9 Å². The van der Waals surface area contributed by atoms with Crippen LogP contribution >= 0.6 is 11.6 Å². The topological polar surface area (TPSA) is 67.4 Å². The summed E-state index contributed by atoms with van der Waals surface area (Å²) in [6, 6.07) is 9.81. The van der Waals surface area contributed by atoms with Crippen molar-refractivity contribution >= 4 is 35.2 Å². The first-order chi connectivity index (χ1) is 13.7. The van der Waals surface area contributed by atoms with Crippen molar-refractivity contribution in [3.8, 4) is 5.75 Å². The van der Waals surface area contributed by atoms with Gasteiger partial charge in [0.25, 0.3) is 5.91 Å². The maximum Gasteiger partial charge on any atom is 0.573 e. The number of carbonyl (C=O) groups excluding carboxylic acids is 2. The molecule has 0 fully saturated rings. The van der Waals surface area contributed by atoms with Crippen LogP contribution in [0.1, 0.15) is 29.3 Å². The zero-order valence-corrected chi connectivity index (χ0v) is 16.1. The average molecular weight is 427 g/mol. The van der Waals surface area contributed by atoms with Crippen LogP contribution in [0.15, 0.2) is 48.5 Å². The third kappa shape index (κ3) is 7.15. The largest absolute Gasteiger partial charge is 0.573 e. The van der Waals surface area contributed by atoms with Gasteiger partial charge in [-0.1, -0.05) is 36.7 Å². The number of ether oxygens (including phenoxy) is 1. The molecule has 0 aliphatic rings. The third-order valence-electron chi connectivity index (χ3n) is 3.58. The first kappa shape index (κ1) is 22.3. The summed E-state index contributed by atoms with van der Waals surface area (Å²) in [7, 11) is 0. The normalized spacial score (nSPS) is 11.3. The van der Waals surface area contributed by atoms with Crippen LogP contribution in [-0.2, 0) is 4.79 Å². The fraction of sp³-hybridized carbons (Fsp3) is 0.200. The lowest BCUT2D eigenvalue weighted by Gasteiger charge is -2.11. The molecule has 2 amide bonds. The predicted octanol–water partition coefficient (Wildman–Crippen LogP) is 5.03. The average Bonchev–Trinajstić information content (AvgIpc) is 2.64. The highest BCUT2D eigenvalue weighted by Crippen LogP contribution is 2.27. The van der Waals surface area contributed by atoms with Gasteiger partial charge in [0.2, 0.25) is 5.91 Å². The molecule has 2 N–H and O–H groups in total. The second-order valence-electron chi connectivity index (χ2n) is 5.86. The number of anilines is 1. The molecular weight excluding hydrogens is 409 g/mol. The van der Waals surface area contributed by atoms with Gasteiger partial charge < -0.3 is 15.4 Å². The van der Waals surface area contributed by atoms with Crippen LogP contribution in [0.25, 0.3) is 6.08 Å². The van der Waals surface area contributed by atoms with Crippen molar-refractivity contribution in [3.63, 3.8) is 0 Å². The first-order valence-electron chi connectivity index (χ1n) is 8.61. The standard InChI is InChI=1S/C20H18ClF3N2O3/c1-2-11-25-19(28)15-9-8-14(12-16(15)21)26-18(27)10-7-13-5-3-4-6-17(13)29-20(22,23)24/h3-10,12H,2,11H2,1H3,(H,25,28)(H,26,27)/b10-7+. The quantitative estimate of drug-likeness (QED) is 0.610. The minimum Gasteiger partial charge on any atom is -0.405 e. The monoisotopic (exact) mass is 426 g/mol. The molecule has 0 spiro atoms. The van der Waals surface area contributed by atoms with Crippen LogP contribution in [-0.4, -0.2) is 24.7 Å². The lowest BCUT2D eigenvalue weighted by Crippen LogP contribution is -2.24. The van der Waals surface area contributed by atoms with E-state index in [0.717, 1.165) is 18.6 Å². The van der Waals surface area contributed by atoms with Crippen molar-refractivity contribution in [2.45, 2.75) is 19.7 Å². The van der Waals surface area contributed by atoms with E-state index in [2.05, 4.69) is 15.4 Å². The highest BCUT2D eigenvalue weighted by molar-refractivity contribution is 6.34. The Labute approximate surface area is 170 Å². The van der Waals surface area contributed by atoms with Gasteiger partial charge >= 0.3 is 6.36 Å². The molecule has 0 aliphatic heterocycles. The van der Waals surface area contributed by atoms with Crippen molar-refractivity contribution in [1.82, 2.24) is 5.32 Å². The summed E-state index contributed by atoms with van der Waals surface area (Å²) < 4.78 is 41.2. The second kappa shape index (κ2) is 9.97. The molecule has 2 aromatic rings. The number of nitrogens with one attached hydrogen (secondary N) is 2. The SMILES string of the molecule is CCCNC(=O)c1ccc(NC(=O)/C=C/c2ccccc2OC(F)(F)F)cc1Cl. The smallest absolute Gasteiger partial charge is 0.405 e. The van der Waals surface area contributed by atoms with E-state index in [0.29, 0.717) is 12.2 Å². The van der Waals surface area contributed by atoms with E-state index in [1.54, 1.807) is 0 Å². The lowest BCUT2D eigenvalue weighted by molar-refractivity contribution is -0.274. The Hall–Kier alpha value is -3.00. The Morgan fingerprint density at radius 3 is 2.55 bits per heavy atom. The number of hydrogen-bond acceptors (Lipinski definition) is 3. The van der Waals surface area contributed by atoms with Gasteiger partial charge in [0.15, 0.2) is 0 Å². The first-order valence-corrected chi connectivity index (χ1v) is 8.99. The maximum absolute atomic E-state index is 12.4. The van der Waals surface area contributed by atoms with E-state index in [4.69, 9.17) is 11.6 Å². The summed E-state index contributed by atoms with van der Waals surface area (Å²) in [4.78, 5) is 24.0. The summed E-state index contributed by atoms with van der Waals surface area (Å²) in [5.41, 5.74) is 0.685. The van der Waals surface area contributed by atoms with E-state index < -0.39 is 18.0 Å². The van der Waals surface area contributed by atoms with Gasteiger partial charge in [-0.25, -0.2) is 0 Å². The Morgan fingerprint density at radius 1 is 1.17 bits per heavy atom. The number of rotatable bonds is 7. The summed E-state index contributed by atoms with van der Waals surface area (Å²) in [5, 5.41) is 5.38. The van der Waals surface area contributed by atoms with Crippen molar-refractivity contribution in [1.29, 1.82) is 0 Å². The third-order valence-corrected chi connectivity index (χ3v) is 3.89. The number of carbonyl (C=O) groups is 2. The van der Waals surface area contributed by atoms with Crippen molar-refractivity contribution < 1.29 is 27.5 Å². The number of amides is 2. The number of benzene rings is 2. The zero-order valence-electron chi connectivity index (χ0n) is 15.3. The highest BCUT2D eigenvalue weighted by Gasteiger charge is 2.31. The highest BCUT2D eigenvalue weighted by atomic mass is 35.5. The molecule has 0 saturated carbocycles. The molecule has 0 aromatic heterocycles. The van der Waals surface area contributed by atoms with Gasteiger partial charge in [-0.2, -0.15) is 0 Å². The summed E-state index contributed by atoms with van der Waals surface area (Å²) in [5.74, 6) is -1.34. The Bertz CT molecular complexity index is 914. The summed E-state index contributed by atoms with van der Waals surface area (Å²) in [6.07, 6.45) is -1.80. The van der Waals surface area contributed by atoms with E-state index in [1.165, 1.54) is 42.5 Å². The number of hydrogen-bond donors (Lipinski definition) is 2. The molecular formula is C20H18ClF3N2O3. The minimum absolute atomic E-state index is 0.0842. The molecule has 9 heteroatoms. The van der Waals surface area contributed by atoms with Crippen LogP contribution in [0.5, 0.6) is 5.75 Å². The number of alkyl halides is 3. The van der Waals surface area contributed by atoms with Crippen molar-refractivity contribution in [2.75, 3.05) is 11.9 Å². The number of para-hydroxylation sites is 1. The molecule has 0 bridgehead atoms. The fourth-order valence-corrected chi connectivity index (χ4v) is 2.56. The predicted molar refractivity (Wildman–Crippen MR) is 105 cm³/mol. The van der Waals surface area contributed by atoms with Crippen LogP contribution in [0.3, 0.4) is 0 Å². The second-order valence-corrected chi connectivity index (χ2v) is 6.27. The van der Waals surface area contributed by atoms with E-state index in [1.807, 2.05) is 6.92 Å². The van der Waals surface area contributed by atoms with Gasteiger partial charge in [0.1, 0.15) is 5.75 Å². The van der Waals surface area contributed by atoms with Gasteiger partial charge in [0.05, 0.1) is 10.6 Å². The molecule has 154 valence electrons. The molecule has 2 rings (SSSR count). The van der Waals surface area contributed by atoms with Crippen LogP contribution in [0.2, 0.25) is 5.02 Å². The van der Waals surface area contributed by atoms with Gasteiger partial charge in [-0.15, -0.1) is 13.2 Å². The fourth-order valence-electron chi connectivity index (χ4n) is 2.30. The molecule has 5 nitrogen and oxygen atoms in total. The Kier molecular flexibility index (Phi) is 7.67. The van der Waals surface area contributed by atoms with Crippen molar-refractivity contribution in [2.24, 2.45) is 0 Å². The summed E-state index contributed by atoms with van der Waals surface area (Å²) >= 11 is 6.09. The molecule has 0 aliphatic carbocycles. The van der Waals surface area contributed by atoms with E-state index in [-0.39, 0.29) is 22.1 Å². The summed E-state index contributed by atoms with van der Waals surface area (Å²) in [6.45, 7) is 2.43. The Morgan fingerprint density at radius 2 is 1.90 bits per heavy atom. The lowest BCUT2D eigenvalue weighted by atomic mass is 10.1. The van der Waals surface area contributed by atoms with Crippen LogP contribution in [0, 0.1) is 0 Å². The van der Waals surface area contributed by atoms with E-state index >= 15 is 0 Å². The molecule has 0 unspecified atom stereocenters. The Balaban J connectivity index is 2.06. The molecule has 29 heavy (non-hydrogen) atoms. The molecule has 0 saturated heterocycles. The minimum atomic E-state index is -4.84. The van der Waals surface area contributed by atoms with Crippen molar-refractivity contribution in [3.05, 3.63) is 64.7 Å². The molecule has 2 aromatic carbocycles. The van der Waals surface area contributed by atoms with Gasteiger partial charge in [-0.05, 0) is 36.8 Å².